The average molecular weight is 219 g/mol. The number of hydrogen-bond acceptors (Lipinski definition) is 2. The number of nitrogen functional groups attached to an aromatic ring is 1. The molecule has 3 nitrogen and oxygen atoms in total. The Bertz CT molecular complexity index is 383. The lowest BCUT2D eigenvalue weighted by atomic mass is 9.84. The van der Waals surface area contributed by atoms with Crippen molar-refractivity contribution in [1.82, 2.24) is 0 Å². The molecule has 1 fully saturated rings. The quantitative estimate of drug-likeness (QED) is 0.768. The summed E-state index contributed by atoms with van der Waals surface area (Å²) in [7, 11) is 0. The van der Waals surface area contributed by atoms with Crippen molar-refractivity contribution in [3.05, 3.63) is 29.8 Å². The van der Waals surface area contributed by atoms with E-state index in [2.05, 4.69) is 0 Å². The zero-order valence-electron chi connectivity index (χ0n) is 9.23. The van der Waals surface area contributed by atoms with Gasteiger partial charge in [-0.05, 0) is 30.4 Å². The first kappa shape index (κ1) is 11.0. The van der Waals surface area contributed by atoms with Gasteiger partial charge < -0.3 is 10.8 Å². The van der Waals surface area contributed by atoms with E-state index in [1.54, 1.807) is 6.07 Å². The third-order valence-electron chi connectivity index (χ3n) is 3.47. The molecular weight excluding hydrogens is 202 g/mol. The molecule has 0 spiro atoms. The van der Waals surface area contributed by atoms with Crippen molar-refractivity contribution in [3.63, 3.8) is 0 Å². The Morgan fingerprint density at radius 1 is 1.31 bits per heavy atom. The second-order valence-electron chi connectivity index (χ2n) is 4.49. The normalized spacial score (nSPS) is 18.5. The molecule has 0 bridgehead atoms. The molecular formula is C13H17NO2. The van der Waals surface area contributed by atoms with Gasteiger partial charge in [-0.2, -0.15) is 0 Å². The van der Waals surface area contributed by atoms with Crippen LogP contribution in [0.5, 0.6) is 0 Å². The molecule has 16 heavy (non-hydrogen) atoms. The van der Waals surface area contributed by atoms with Gasteiger partial charge in [-0.1, -0.05) is 31.0 Å². The molecule has 1 aromatic carbocycles. The fourth-order valence-corrected chi connectivity index (χ4v) is 2.67. The number of rotatable bonds is 3. The molecule has 1 aromatic rings. The minimum absolute atomic E-state index is 0.252. The smallest absolute Gasteiger partial charge is 0.311 e. The van der Waals surface area contributed by atoms with E-state index in [9.17, 15) is 9.90 Å². The zero-order valence-corrected chi connectivity index (χ0v) is 9.23. The SMILES string of the molecule is Nc1ccccc1C(C(=O)O)C1CCCC1. The fraction of sp³-hybridized carbons (Fsp3) is 0.462. The van der Waals surface area contributed by atoms with Crippen LogP contribution in [0.2, 0.25) is 0 Å². The Morgan fingerprint density at radius 2 is 1.94 bits per heavy atom. The summed E-state index contributed by atoms with van der Waals surface area (Å²) in [6, 6.07) is 7.32. The molecule has 0 amide bonds. The van der Waals surface area contributed by atoms with Crippen LogP contribution in [-0.4, -0.2) is 11.1 Å². The number of nitrogens with two attached hydrogens (primary N) is 1. The van der Waals surface area contributed by atoms with Crippen LogP contribution in [0.1, 0.15) is 37.2 Å². The minimum Gasteiger partial charge on any atom is -0.481 e. The van der Waals surface area contributed by atoms with Crippen LogP contribution in [0.25, 0.3) is 0 Å². The monoisotopic (exact) mass is 219 g/mol. The van der Waals surface area contributed by atoms with Gasteiger partial charge in [0.1, 0.15) is 0 Å². The molecule has 0 radical (unpaired) electrons. The standard InChI is InChI=1S/C13H17NO2/c14-11-8-4-3-7-10(11)12(13(15)16)9-5-1-2-6-9/h3-4,7-9,12H,1-2,5-6,14H2,(H,15,16). The summed E-state index contributed by atoms with van der Waals surface area (Å²) in [5, 5.41) is 9.36. The Morgan fingerprint density at radius 3 is 2.50 bits per heavy atom. The first-order valence-corrected chi connectivity index (χ1v) is 5.77. The predicted molar refractivity (Wildman–Crippen MR) is 63.2 cm³/mol. The van der Waals surface area contributed by atoms with Crippen molar-refractivity contribution in [1.29, 1.82) is 0 Å². The summed E-state index contributed by atoms with van der Waals surface area (Å²) in [6.45, 7) is 0. The van der Waals surface area contributed by atoms with Crippen LogP contribution >= 0.6 is 0 Å². The molecule has 0 heterocycles. The van der Waals surface area contributed by atoms with E-state index < -0.39 is 11.9 Å². The average Bonchev–Trinajstić information content (AvgIpc) is 2.74. The summed E-state index contributed by atoms with van der Waals surface area (Å²) >= 11 is 0. The fourth-order valence-electron chi connectivity index (χ4n) is 2.67. The second-order valence-corrected chi connectivity index (χ2v) is 4.49. The van der Waals surface area contributed by atoms with Gasteiger partial charge >= 0.3 is 5.97 Å². The number of hydrogen-bond donors (Lipinski definition) is 2. The van der Waals surface area contributed by atoms with Crippen LogP contribution in [0.15, 0.2) is 24.3 Å². The van der Waals surface area contributed by atoms with Gasteiger partial charge in [-0.15, -0.1) is 0 Å². The van der Waals surface area contributed by atoms with Crippen molar-refractivity contribution >= 4 is 11.7 Å². The minimum atomic E-state index is -0.746. The summed E-state index contributed by atoms with van der Waals surface area (Å²) in [6.07, 6.45) is 4.29. The molecule has 0 aliphatic heterocycles. The number of carboxylic acids is 1. The maximum Gasteiger partial charge on any atom is 0.311 e. The van der Waals surface area contributed by atoms with E-state index in [0.29, 0.717) is 5.69 Å². The highest BCUT2D eigenvalue weighted by atomic mass is 16.4. The number of para-hydroxylation sites is 1. The van der Waals surface area contributed by atoms with E-state index in [4.69, 9.17) is 5.73 Å². The summed E-state index contributed by atoms with van der Waals surface area (Å²) in [4.78, 5) is 11.4. The molecule has 1 unspecified atom stereocenters. The lowest BCUT2D eigenvalue weighted by Gasteiger charge is -2.20. The Balaban J connectivity index is 2.32. The lowest BCUT2D eigenvalue weighted by Crippen LogP contribution is -2.20. The predicted octanol–water partition coefficient (Wildman–Crippen LogP) is 2.63. The third-order valence-corrected chi connectivity index (χ3v) is 3.47. The third kappa shape index (κ3) is 2.03. The van der Waals surface area contributed by atoms with Crippen LogP contribution in [0.3, 0.4) is 0 Å². The maximum atomic E-state index is 11.4. The lowest BCUT2D eigenvalue weighted by molar-refractivity contribution is -0.140. The molecule has 1 atom stereocenters. The van der Waals surface area contributed by atoms with E-state index in [1.165, 1.54) is 0 Å². The van der Waals surface area contributed by atoms with Gasteiger partial charge in [0, 0.05) is 5.69 Å². The van der Waals surface area contributed by atoms with Crippen LogP contribution in [0.4, 0.5) is 5.69 Å². The van der Waals surface area contributed by atoms with E-state index in [1.807, 2.05) is 18.2 Å². The maximum absolute atomic E-state index is 11.4. The Hall–Kier alpha value is -1.51. The van der Waals surface area contributed by atoms with Gasteiger partial charge in [0.25, 0.3) is 0 Å². The Kier molecular flexibility index (Phi) is 3.13. The second kappa shape index (κ2) is 4.56. The largest absolute Gasteiger partial charge is 0.481 e. The van der Waals surface area contributed by atoms with E-state index >= 15 is 0 Å². The summed E-state index contributed by atoms with van der Waals surface area (Å²) < 4.78 is 0. The van der Waals surface area contributed by atoms with Crippen molar-refractivity contribution in [3.8, 4) is 0 Å². The summed E-state index contributed by atoms with van der Waals surface area (Å²) in [5.74, 6) is -0.921. The number of anilines is 1. The number of carbonyl (C=O) groups is 1. The van der Waals surface area contributed by atoms with E-state index in [-0.39, 0.29) is 5.92 Å². The Labute approximate surface area is 95.3 Å². The highest BCUT2D eigenvalue weighted by Crippen LogP contribution is 2.39. The molecule has 0 aromatic heterocycles. The molecule has 3 heteroatoms. The zero-order chi connectivity index (χ0) is 11.5. The van der Waals surface area contributed by atoms with Gasteiger partial charge in [0.15, 0.2) is 0 Å². The van der Waals surface area contributed by atoms with Gasteiger partial charge in [-0.3, -0.25) is 4.79 Å². The van der Waals surface area contributed by atoms with Gasteiger partial charge in [-0.25, -0.2) is 0 Å². The topological polar surface area (TPSA) is 63.3 Å². The first-order chi connectivity index (χ1) is 7.70. The van der Waals surface area contributed by atoms with Crippen molar-refractivity contribution in [2.45, 2.75) is 31.6 Å². The molecule has 86 valence electrons. The summed E-state index contributed by atoms with van der Waals surface area (Å²) in [5.41, 5.74) is 7.24. The van der Waals surface area contributed by atoms with Crippen LogP contribution in [0, 0.1) is 5.92 Å². The molecule has 1 saturated carbocycles. The van der Waals surface area contributed by atoms with E-state index in [0.717, 1.165) is 31.2 Å². The van der Waals surface area contributed by atoms with Gasteiger partial charge in [0.05, 0.1) is 5.92 Å². The highest BCUT2D eigenvalue weighted by Gasteiger charge is 2.32. The molecule has 1 aliphatic carbocycles. The van der Waals surface area contributed by atoms with Gasteiger partial charge in [0.2, 0.25) is 0 Å². The number of benzene rings is 1. The van der Waals surface area contributed by atoms with Crippen molar-refractivity contribution in [2.24, 2.45) is 5.92 Å². The molecule has 1 aliphatic rings. The number of aliphatic carboxylic acids is 1. The van der Waals surface area contributed by atoms with Crippen molar-refractivity contribution in [2.75, 3.05) is 5.73 Å². The van der Waals surface area contributed by atoms with Crippen LogP contribution < -0.4 is 5.73 Å². The van der Waals surface area contributed by atoms with Crippen molar-refractivity contribution < 1.29 is 9.90 Å². The van der Waals surface area contributed by atoms with Crippen LogP contribution in [-0.2, 0) is 4.79 Å². The molecule has 2 rings (SSSR count). The molecule has 0 saturated heterocycles. The highest BCUT2D eigenvalue weighted by molar-refractivity contribution is 5.79. The molecule has 3 N–H and O–H groups in total. The number of carboxylic acid groups (broad SMARTS) is 1. The first-order valence-electron chi connectivity index (χ1n) is 5.77.